The van der Waals surface area contributed by atoms with Crippen LogP contribution in [0, 0.1) is 0 Å². The summed E-state index contributed by atoms with van der Waals surface area (Å²) in [4.78, 5) is 68.2. The molecule has 0 radical (unpaired) electrons. The van der Waals surface area contributed by atoms with Gasteiger partial charge in [0.05, 0.1) is 10.9 Å². The Kier molecular flexibility index (Phi) is 6.49. The van der Waals surface area contributed by atoms with Crippen LogP contribution in [0.4, 0.5) is 0 Å². The molecule has 6 N–H and O–H groups in total. The predicted molar refractivity (Wildman–Crippen MR) is 128 cm³/mol. The maximum atomic E-state index is 13.4. The fourth-order valence-corrected chi connectivity index (χ4v) is 4.08. The van der Waals surface area contributed by atoms with E-state index in [2.05, 4.69) is 15.3 Å². The molecule has 0 aliphatic rings. The van der Waals surface area contributed by atoms with E-state index in [0.29, 0.717) is 11.1 Å². The van der Waals surface area contributed by atoms with E-state index in [4.69, 9.17) is 5.73 Å². The molecule has 0 aliphatic heterocycles. The number of amides is 2. The van der Waals surface area contributed by atoms with Crippen molar-refractivity contribution in [3.8, 4) is 0 Å². The van der Waals surface area contributed by atoms with Gasteiger partial charge >= 0.3 is 11.7 Å². The zero-order valence-corrected chi connectivity index (χ0v) is 18.5. The van der Waals surface area contributed by atoms with E-state index in [1.165, 1.54) is 6.07 Å². The molecule has 2 amide bonds. The lowest BCUT2D eigenvalue weighted by molar-refractivity contribution is -0.142. The third-order valence-corrected chi connectivity index (χ3v) is 5.83. The number of carboxylic acid groups (broad SMARTS) is 1. The standard InChI is InChI=1S/C24H23N5O6/c25-20(30)10-9-18(23(33)34)27-21(31)19(11-13-12-26-16-7-3-1-5-14(13)16)29-22(32)15-6-2-4-8-17(15)28-24(29)35/h1-8,12,18-19,26H,9-11H2,(H2,25,30)(H,27,31)(H,28,35)(H,33,34)/t18-,19-/m0/s1. The van der Waals surface area contributed by atoms with Gasteiger partial charge in [0.1, 0.15) is 12.1 Å². The first-order chi connectivity index (χ1) is 16.8. The average Bonchev–Trinajstić information content (AvgIpc) is 3.23. The van der Waals surface area contributed by atoms with Gasteiger partial charge in [-0.05, 0) is 30.2 Å². The topological polar surface area (TPSA) is 180 Å². The van der Waals surface area contributed by atoms with E-state index < -0.39 is 41.1 Å². The second kappa shape index (κ2) is 9.67. The van der Waals surface area contributed by atoms with Crippen LogP contribution in [-0.4, -0.2) is 43.5 Å². The van der Waals surface area contributed by atoms with Crippen molar-refractivity contribution in [1.82, 2.24) is 19.9 Å². The van der Waals surface area contributed by atoms with Gasteiger partial charge in [-0.25, -0.2) is 14.2 Å². The number of aromatic amines is 2. The van der Waals surface area contributed by atoms with Crippen LogP contribution < -0.4 is 22.3 Å². The number of benzene rings is 2. The van der Waals surface area contributed by atoms with E-state index in [-0.39, 0.29) is 24.6 Å². The summed E-state index contributed by atoms with van der Waals surface area (Å²) >= 11 is 0. The van der Waals surface area contributed by atoms with Crippen LogP contribution in [0.5, 0.6) is 0 Å². The van der Waals surface area contributed by atoms with E-state index >= 15 is 0 Å². The number of carbonyl (C=O) groups is 3. The molecule has 2 atom stereocenters. The first-order valence-electron chi connectivity index (χ1n) is 10.9. The number of aromatic nitrogens is 3. The molecule has 2 aromatic heterocycles. The average molecular weight is 477 g/mol. The van der Waals surface area contributed by atoms with Crippen LogP contribution in [0.3, 0.4) is 0 Å². The van der Waals surface area contributed by atoms with Crippen LogP contribution >= 0.6 is 0 Å². The van der Waals surface area contributed by atoms with Crippen molar-refractivity contribution in [1.29, 1.82) is 0 Å². The molecule has 4 rings (SSSR count). The monoisotopic (exact) mass is 477 g/mol. The third kappa shape index (κ3) is 4.83. The summed E-state index contributed by atoms with van der Waals surface area (Å²) in [6.07, 6.45) is 1.10. The third-order valence-electron chi connectivity index (χ3n) is 5.83. The molecule has 0 fully saturated rings. The van der Waals surface area contributed by atoms with Gasteiger partial charge in [-0.3, -0.25) is 14.4 Å². The zero-order valence-electron chi connectivity index (χ0n) is 18.5. The molecular weight excluding hydrogens is 454 g/mol. The Morgan fingerprint density at radius 1 is 1.00 bits per heavy atom. The molecular formula is C24H23N5O6. The summed E-state index contributed by atoms with van der Waals surface area (Å²) in [6, 6.07) is 10.9. The van der Waals surface area contributed by atoms with Gasteiger partial charge in [0.15, 0.2) is 0 Å². The first-order valence-corrected chi connectivity index (χ1v) is 10.9. The van der Waals surface area contributed by atoms with Crippen LogP contribution in [0.1, 0.15) is 24.4 Å². The minimum atomic E-state index is -1.43. The lowest BCUT2D eigenvalue weighted by Gasteiger charge is -2.21. The predicted octanol–water partition coefficient (Wildman–Crippen LogP) is 0.790. The van der Waals surface area contributed by atoms with Crippen molar-refractivity contribution in [2.24, 2.45) is 5.73 Å². The number of para-hydroxylation sites is 2. The minimum absolute atomic E-state index is 0.0701. The SMILES string of the molecule is NC(=O)CC[C@H](NC(=O)[C@H](Cc1c[nH]c2ccccc12)n1c(=O)[nH]c2ccccc2c1=O)C(=O)O. The fraction of sp³-hybridized carbons (Fsp3) is 0.208. The molecule has 2 heterocycles. The van der Waals surface area contributed by atoms with Crippen LogP contribution in [0.2, 0.25) is 0 Å². The number of nitrogens with two attached hydrogens (primary N) is 1. The van der Waals surface area contributed by atoms with E-state index in [0.717, 1.165) is 15.5 Å². The molecule has 11 heteroatoms. The number of nitrogens with one attached hydrogen (secondary N) is 3. The molecule has 0 unspecified atom stereocenters. The minimum Gasteiger partial charge on any atom is -0.480 e. The number of nitrogens with zero attached hydrogens (tertiary/aromatic N) is 1. The largest absolute Gasteiger partial charge is 0.480 e. The Bertz CT molecular complexity index is 1550. The highest BCUT2D eigenvalue weighted by molar-refractivity contribution is 5.88. The molecule has 35 heavy (non-hydrogen) atoms. The first kappa shape index (κ1) is 23.5. The van der Waals surface area contributed by atoms with Crippen LogP contribution in [-0.2, 0) is 20.8 Å². The van der Waals surface area contributed by atoms with Crippen molar-refractivity contribution in [3.05, 3.63) is 81.1 Å². The Hall–Kier alpha value is -4.67. The van der Waals surface area contributed by atoms with Crippen molar-refractivity contribution in [2.75, 3.05) is 0 Å². The number of fused-ring (bicyclic) bond motifs is 2. The molecule has 0 saturated carbocycles. The summed E-state index contributed by atoms with van der Waals surface area (Å²) in [7, 11) is 0. The van der Waals surface area contributed by atoms with E-state index in [9.17, 15) is 29.1 Å². The fourth-order valence-electron chi connectivity index (χ4n) is 4.08. The van der Waals surface area contributed by atoms with Gasteiger partial charge in [0, 0.05) is 29.9 Å². The van der Waals surface area contributed by atoms with E-state index in [1.54, 1.807) is 24.4 Å². The molecule has 180 valence electrons. The summed E-state index contributed by atoms with van der Waals surface area (Å²) in [6.45, 7) is 0. The smallest absolute Gasteiger partial charge is 0.329 e. The normalized spacial score (nSPS) is 12.9. The number of rotatable bonds is 9. The number of hydrogen-bond donors (Lipinski definition) is 5. The Balaban J connectivity index is 1.80. The van der Waals surface area contributed by atoms with Crippen LogP contribution in [0.15, 0.2) is 64.3 Å². The van der Waals surface area contributed by atoms with Gasteiger partial charge < -0.3 is 26.1 Å². The van der Waals surface area contributed by atoms with Crippen molar-refractivity contribution in [2.45, 2.75) is 31.3 Å². The molecule has 0 aliphatic carbocycles. The number of primary amides is 1. The zero-order chi connectivity index (χ0) is 25.1. The van der Waals surface area contributed by atoms with Crippen molar-refractivity contribution >= 4 is 39.6 Å². The van der Waals surface area contributed by atoms with Crippen molar-refractivity contribution in [3.63, 3.8) is 0 Å². The number of hydrogen-bond acceptors (Lipinski definition) is 5. The molecule has 0 saturated heterocycles. The molecule has 0 spiro atoms. The number of carboxylic acids is 1. The van der Waals surface area contributed by atoms with E-state index in [1.807, 2.05) is 24.3 Å². The summed E-state index contributed by atoms with van der Waals surface area (Å²) in [5, 5.41) is 12.9. The second-order valence-corrected chi connectivity index (χ2v) is 8.13. The summed E-state index contributed by atoms with van der Waals surface area (Å²) in [5.74, 6) is -2.94. The van der Waals surface area contributed by atoms with Gasteiger partial charge in [-0.15, -0.1) is 0 Å². The van der Waals surface area contributed by atoms with Gasteiger partial charge in [0.2, 0.25) is 11.8 Å². The molecule has 0 bridgehead atoms. The quantitative estimate of drug-likeness (QED) is 0.238. The lowest BCUT2D eigenvalue weighted by Crippen LogP contribution is -2.49. The Morgan fingerprint density at radius 2 is 1.66 bits per heavy atom. The highest BCUT2D eigenvalue weighted by Crippen LogP contribution is 2.22. The summed E-state index contributed by atoms with van der Waals surface area (Å²) < 4.78 is 0.798. The van der Waals surface area contributed by atoms with Gasteiger partial charge in [-0.1, -0.05) is 30.3 Å². The Morgan fingerprint density at radius 3 is 2.34 bits per heavy atom. The highest BCUT2D eigenvalue weighted by atomic mass is 16.4. The molecule has 2 aromatic carbocycles. The summed E-state index contributed by atoms with van der Waals surface area (Å²) in [5.41, 5.74) is 5.39. The van der Waals surface area contributed by atoms with Gasteiger partial charge in [0.25, 0.3) is 5.56 Å². The maximum absolute atomic E-state index is 13.4. The Labute approximate surface area is 197 Å². The molecule has 4 aromatic rings. The number of aliphatic carboxylic acids is 1. The number of carbonyl (C=O) groups excluding carboxylic acids is 2. The van der Waals surface area contributed by atoms with Crippen molar-refractivity contribution < 1.29 is 19.5 Å². The number of H-pyrrole nitrogens is 2. The van der Waals surface area contributed by atoms with Gasteiger partial charge in [-0.2, -0.15) is 0 Å². The highest BCUT2D eigenvalue weighted by Gasteiger charge is 2.30. The maximum Gasteiger partial charge on any atom is 0.329 e. The lowest BCUT2D eigenvalue weighted by atomic mass is 10.0. The van der Waals surface area contributed by atoms with Crippen LogP contribution in [0.25, 0.3) is 21.8 Å². The molecule has 11 nitrogen and oxygen atoms in total. The second-order valence-electron chi connectivity index (χ2n) is 8.13.